The van der Waals surface area contributed by atoms with Gasteiger partial charge in [0.15, 0.2) is 5.78 Å². The van der Waals surface area contributed by atoms with E-state index in [1.54, 1.807) is 0 Å². The monoisotopic (exact) mass is 236 g/mol. The molecule has 0 amide bonds. The van der Waals surface area contributed by atoms with Gasteiger partial charge in [-0.1, -0.05) is 12.1 Å². The fraction of sp³-hybridized carbons (Fsp3) is 0.250. The Morgan fingerprint density at radius 2 is 2.12 bits per heavy atom. The van der Waals surface area contributed by atoms with E-state index in [1.165, 1.54) is 18.2 Å². The van der Waals surface area contributed by atoms with Crippen molar-refractivity contribution in [1.82, 2.24) is 0 Å². The molecule has 0 N–H and O–H groups in total. The minimum atomic E-state index is -1.14. The zero-order valence-electron chi connectivity index (χ0n) is 9.03. The predicted octanol–water partition coefficient (Wildman–Crippen LogP) is 0.923. The first-order valence-corrected chi connectivity index (χ1v) is 5.00. The Kier molecular flexibility index (Phi) is 2.75. The summed E-state index contributed by atoms with van der Waals surface area (Å²) in [4.78, 5) is 34.4. The fourth-order valence-corrected chi connectivity index (χ4v) is 1.94. The number of halogens is 1. The number of carbonyl (C=O) groups is 3. The molecule has 1 aliphatic carbocycles. The Balaban J connectivity index is 2.35. The van der Waals surface area contributed by atoms with Crippen LogP contribution in [0.25, 0.3) is 0 Å². The van der Waals surface area contributed by atoms with Gasteiger partial charge >= 0.3 is 5.97 Å². The van der Waals surface area contributed by atoms with E-state index >= 15 is 0 Å². The molecule has 4 nitrogen and oxygen atoms in total. The van der Waals surface area contributed by atoms with Crippen molar-refractivity contribution in [3.8, 4) is 0 Å². The molecule has 88 valence electrons. The molecule has 0 radical (unpaired) electrons. The second-order valence-electron chi connectivity index (χ2n) is 3.74. The van der Waals surface area contributed by atoms with Crippen LogP contribution in [-0.2, 0) is 20.7 Å². The third kappa shape index (κ3) is 1.73. The number of hydrogen-bond donors (Lipinski definition) is 0. The third-order valence-electron chi connectivity index (χ3n) is 2.81. The molecule has 1 aliphatic rings. The lowest BCUT2D eigenvalue weighted by molar-refractivity contribution is -0.152. The van der Waals surface area contributed by atoms with Gasteiger partial charge in [0.05, 0.1) is 13.0 Å². The lowest BCUT2D eigenvalue weighted by Gasteiger charge is -2.03. The summed E-state index contributed by atoms with van der Waals surface area (Å²) in [5.41, 5.74) is 0.368. The molecule has 1 aromatic carbocycles. The summed E-state index contributed by atoms with van der Waals surface area (Å²) < 4.78 is 17.7. The van der Waals surface area contributed by atoms with Crippen LogP contribution in [0.3, 0.4) is 0 Å². The summed E-state index contributed by atoms with van der Waals surface area (Å²) in [6.07, 6.45) is -0.0746. The number of carbonyl (C=O) groups excluding carboxylic acids is 3. The normalized spacial score (nSPS) is 17.8. The van der Waals surface area contributed by atoms with E-state index in [9.17, 15) is 18.8 Å². The number of benzene rings is 1. The van der Waals surface area contributed by atoms with Gasteiger partial charge in [-0.3, -0.25) is 9.59 Å². The minimum absolute atomic E-state index is 0.0746. The van der Waals surface area contributed by atoms with Gasteiger partial charge in [-0.25, -0.2) is 9.18 Å². The number of rotatable bonds is 2. The average molecular weight is 236 g/mol. The Labute approximate surface area is 96.4 Å². The molecule has 0 saturated heterocycles. The van der Waals surface area contributed by atoms with E-state index in [2.05, 4.69) is 4.74 Å². The maximum Gasteiger partial charge on any atom is 0.375 e. The molecule has 0 aliphatic heterocycles. The molecule has 0 aromatic heterocycles. The van der Waals surface area contributed by atoms with Crippen molar-refractivity contribution in [2.24, 2.45) is 5.92 Å². The zero-order chi connectivity index (χ0) is 12.6. The molecule has 5 heteroatoms. The number of methoxy groups -OCH3 is 1. The van der Waals surface area contributed by atoms with Crippen molar-refractivity contribution in [2.45, 2.75) is 6.42 Å². The molecule has 0 spiro atoms. The molecule has 0 bridgehead atoms. The second kappa shape index (κ2) is 4.08. The van der Waals surface area contributed by atoms with Crippen molar-refractivity contribution in [3.63, 3.8) is 0 Å². The molecular weight excluding hydrogens is 227 g/mol. The van der Waals surface area contributed by atoms with Crippen LogP contribution in [0.5, 0.6) is 0 Å². The first-order valence-electron chi connectivity index (χ1n) is 5.00. The Morgan fingerprint density at radius 1 is 1.41 bits per heavy atom. The molecular formula is C12H9FO4. The Morgan fingerprint density at radius 3 is 2.71 bits per heavy atom. The van der Waals surface area contributed by atoms with Gasteiger partial charge in [0, 0.05) is 5.56 Å². The van der Waals surface area contributed by atoms with Gasteiger partial charge in [-0.2, -0.15) is 0 Å². The molecule has 17 heavy (non-hydrogen) atoms. The summed E-state index contributed by atoms with van der Waals surface area (Å²) >= 11 is 0. The van der Waals surface area contributed by atoms with Gasteiger partial charge in [0.1, 0.15) is 5.82 Å². The van der Waals surface area contributed by atoms with Crippen LogP contribution in [-0.4, -0.2) is 24.6 Å². The maximum atomic E-state index is 13.4. The highest BCUT2D eigenvalue weighted by molar-refractivity contribution is 6.40. The molecule has 1 aromatic rings. The van der Waals surface area contributed by atoms with E-state index in [0.29, 0.717) is 0 Å². The number of Topliss-reactive ketones (excluding diaryl/α,β-unsaturated/α-hetero) is 2. The van der Waals surface area contributed by atoms with Gasteiger partial charge in [-0.15, -0.1) is 0 Å². The standard InChI is InChI=1S/C12H9FO4/c1-17-12(16)11(15)8-5-7-6(10(8)14)3-2-4-9(7)13/h2-4,8H,5H2,1H3. The highest BCUT2D eigenvalue weighted by Crippen LogP contribution is 2.29. The zero-order valence-corrected chi connectivity index (χ0v) is 9.03. The highest BCUT2D eigenvalue weighted by atomic mass is 19.1. The van der Waals surface area contributed by atoms with Gasteiger partial charge in [0.2, 0.25) is 0 Å². The van der Waals surface area contributed by atoms with Gasteiger partial charge in [-0.05, 0) is 18.1 Å². The largest absolute Gasteiger partial charge is 0.463 e. The summed E-state index contributed by atoms with van der Waals surface area (Å²) in [7, 11) is 1.06. The van der Waals surface area contributed by atoms with Crippen LogP contribution in [0.1, 0.15) is 15.9 Å². The van der Waals surface area contributed by atoms with Crippen molar-refractivity contribution in [3.05, 3.63) is 35.1 Å². The van der Waals surface area contributed by atoms with E-state index < -0.39 is 29.3 Å². The second-order valence-corrected chi connectivity index (χ2v) is 3.74. The van der Waals surface area contributed by atoms with E-state index in [0.717, 1.165) is 7.11 Å². The maximum absolute atomic E-state index is 13.4. The van der Waals surface area contributed by atoms with Crippen molar-refractivity contribution in [1.29, 1.82) is 0 Å². The van der Waals surface area contributed by atoms with E-state index in [-0.39, 0.29) is 17.5 Å². The first kappa shape index (κ1) is 11.4. The fourth-order valence-electron chi connectivity index (χ4n) is 1.94. The van der Waals surface area contributed by atoms with Gasteiger partial charge < -0.3 is 4.74 Å². The van der Waals surface area contributed by atoms with E-state index in [4.69, 9.17) is 0 Å². The number of ether oxygens (including phenoxy) is 1. The lowest BCUT2D eigenvalue weighted by Crippen LogP contribution is -2.29. The van der Waals surface area contributed by atoms with E-state index in [1.807, 2.05) is 0 Å². The molecule has 1 atom stereocenters. The first-order chi connectivity index (χ1) is 8.06. The molecule has 0 fully saturated rings. The van der Waals surface area contributed by atoms with Crippen LogP contribution in [0.15, 0.2) is 18.2 Å². The van der Waals surface area contributed by atoms with Crippen molar-refractivity contribution in [2.75, 3.05) is 7.11 Å². The van der Waals surface area contributed by atoms with Crippen molar-refractivity contribution < 1.29 is 23.5 Å². The summed E-state index contributed by atoms with van der Waals surface area (Å²) in [5.74, 6) is -4.19. The SMILES string of the molecule is COC(=O)C(=O)C1Cc2c(F)cccc2C1=O. The lowest BCUT2D eigenvalue weighted by atomic mass is 10.00. The smallest absolute Gasteiger partial charge is 0.375 e. The number of fused-ring (bicyclic) bond motifs is 1. The number of esters is 1. The molecule has 2 rings (SSSR count). The van der Waals surface area contributed by atoms with Crippen molar-refractivity contribution >= 4 is 17.5 Å². The van der Waals surface area contributed by atoms with Crippen LogP contribution in [0, 0.1) is 11.7 Å². The summed E-state index contributed by atoms with van der Waals surface area (Å²) in [5, 5.41) is 0. The average Bonchev–Trinajstić information content (AvgIpc) is 2.67. The predicted molar refractivity (Wildman–Crippen MR) is 54.9 cm³/mol. The van der Waals surface area contributed by atoms with Crippen LogP contribution < -0.4 is 0 Å². The number of hydrogen-bond acceptors (Lipinski definition) is 4. The summed E-state index contributed by atoms with van der Waals surface area (Å²) in [6.45, 7) is 0. The third-order valence-corrected chi connectivity index (χ3v) is 2.81. The highest BCUT2D eigenvalue weighted by Gasteiger charge is 2.40. The Hall–Kier alpha value is -2.04. The summed E-state index contributed by atoms with van der Waals surface area (Å²) in [6, 6.07) is 4.07. The van der Waals surface area contributed by atoms with Crippen LogP contribution >= 0.6 is 0 Å². The molecule has 0 saturated carbocycles. The quantitative estimate of drug-likeness (QED) is 0.435. The Bertz CT molecular complexity index is 521. The minimum Gasteiger partial charge on any atom is -0.463 e. The molecule has 0 heterocycles. The number of ketones is 2. The van der Waals surface area contributed by atoms with Crippen LogP contribution in [0.2, 0.25) is 0 Å². The molecule has 1 unspecified atom stereocenters. The topological polar surface area (TPSA) is 60.4 Å². The van der Waals surface area contributed by atoms with Gasteiger partial charge in [0.25, 0.3) is 5.78 Å². The van der Waals surface area contributed by atoms with Crippen LogP contribution in [0.4, 0.5) is 4.39 Å².